The van der Waals surface area contributed by atoms with Crippen molar-refractivity contribution in [1.29, 1.82) is 0 Å². The molecule has 0 fully saturated rings. The molecule has 0 aliphatic carbocycles. The first kappa shape index (κ1) is 22.7. The zero-order chi connectivity index (χ0) is 21.6. The average molecular weight is 406 g/mol. The van der Waals surface area contributed by atoms with Crippen LogP contribution in [0.2, 0.25) is 0 Å². The van der Waals surface area contributed by atoms with Gasteiger partial charge in [-0.25, -0.2) is 4.79 Å². The predicted octanol–water partition coefficient (Wildman–Crippen LogP) is 0.757. The number of aromatic nitrogens is 1. The molecule has 0 bridgehead atoms. The Morgan fingerprint density at radius 3 is 2.38 bits per heavy atom. The Hall–Kier alpha value is -2.56. The van der Waals surface area contributed by atoms with Gasteiger partial charge >= 0.3 is 5.97 Å². The summed E-state index contributed by atoms with van der Waals surface area (Å²) in [4.78, 5) is 19.1. The maximum absolute atomic E-state index is 12.4. The second-order valence-corrected chi connectivity index (χ2v) is 6.26. The molecule has 0 saturated heterocycles. The summed E-state index contributed by atoms with van der Waals surface area (Å²) in [5, 5.41) is 48.8. The van der Waals surface area contributed by atoms with E-state index in [0.29, 0.717) is 33.5 Å². The zero-order valence-electron chi connectivity index (χ0n) is 16.3. The second-order valence-electron chi connectivity index (χ2n) is 6.26. The molecule has 0 aliphatic rings. The molecule has 0 amide bonds. The quantitative estimate of drug-likeness (QED) is 0.265. The van der Waals surface area contributed by atoms with Crippen LogP contribution in [0.1, 0.15) is 58.4 Å². The lowest BCUT2D eigenvalue weighted by Gasteiger charge is -2.18. The second kappa shape index (κ2) is 10.3. The van der Waals surface area contributed by atoms with Crippen molar-refractivity contribution < 1.29 is 35.1 Å². The van der Waals surface area contributed by atoms with Crippen molar-refractivity contribution in [2.24, 2.45) is 4.99 Å². The molecule has 0 spiro atoms. The highest BCUT2D eigenvalue weighted by molar-refractivity contribution is 5.99. The SMILES string of the molecule is CCOC(=O)c1[nH]c(C=NCO)c(-c2ccc(CO)c(CO)c2CO)c1C(C)O. The van der Waals surface area contributed by atoms with E-state index in [-0.39, 0.29) is 24.5 Å². The molecule has 2 rings (SSSR count). The number of H-pyrrole nitrogens is 1. The molecular weight excluding hydrogens is 380 g/mol. The van der Waals surface area contributed by atoms with Crippen molar-refractivity contribution in [2.45, 2.75) is 39.8 Å². The summed E-state index contributed by atoms with van der Waals surface area (Å²) in [5.41, 5.74) is 2.54. The van der Waals surface area contributed by atoms with Crippen LogP contribution in [-0.2, 0) is 24.6 Å². The number of aliphatic imine (C=N–C) groups is 1. The Morgan fingerprint density at radius 2 is 1.86 bits per heavy atom. The van der Waals surface area contributed by atoms with E-state index >= 15 is 0 Å². The van der Waals surface area contributed by atoms with Gasteiger partial charge in [0.25, 0.3) is 0 Å². The van der Waals surface area contributed by atoms with Gasteiger partial charge in [0.1, 0.15) is 12.4 Å². The lowest BCUT2D eigenvalue weighted by atomic mass is 9.89. The number of aromatic amines is 1. The molecule has 0 radical (unpaired) electrons. The molecule has 6 N–H and O–H groups in total. The Bertz CT molecular complexity index is 887. The van der Waals surface area contributed by atoms with Crippen molar-refractivity contribution in [2.75, 3.05) is 13.3 Å². The van der Waals surface area contributed by atoms with Gasteiger partial charge in [-0.1, -0.05) is 12.1 Å². The van der Waals surface area contributed by atoms with Crippen LogP contribution in [0.4, 0.5) is 0 Å². The van der Waals surface area contributed by atoms with Crippen LogP contribution in [0.5, 0.6) is 0 Å². The molecule has 1 unspecified atom stereocenters. The summed E-state index contributed by atoms with van der Waals surface area (Å²) in [6.45, 7) is 1.59. The summed E-state index contributed by atoms with van der Waals surface area (Å²) in [6, 6.07) is 3.21. The average Bonchev–Trinajstić information content (AvgIpc) is 3.10. The summed E-state index contributed by atoms with van der Waals surface area (Å²) < 4.78 is 5.07. The summed E-state index contributed by atoms with van der Waals surface area (Å²) in [7, 11) is 0. The number of nitrogens with one attached hydrogen (secondary N) is 1. The third kappa shape index (κ3) is 4.55. The minimum absolute atomic E-state index is 0.0249. The third-order valence-corrected chi connectivity index (χ3v) is 4.55. The molecule has 9 nitrogen and oxygen atoms in total. The van der Waals surface area contributed by atoms with Crippen molar-refractivity contribution in [3.8, 4) is 11.1 Å². The minimum atomic E-state index is -1.08. The maximum Gasteiger partial charge on any atom is 0.355 e. The number of carbonyl (C=O) groups excluding carboxylic acids is 1. The Labute approximate surface area is 167 Å². The van der Waals surface area contributed by atoms with Gasteiger partial charge < -0.3 is 35.3 Å². The van der Waals surface area contributed by atoms with Crippen molar-refractivity contribution in [3.63, 3.8) is 0 Å². The first-order valence-electron chi connectivity index (χ1n) is 9.13. The molecule has 1 heterocycles. The van der Waals surface area contributed by atoms with Gasteiger partial charge in [-0.05, 0) is 36.1 Å². The van der Waals surface area contributed by atoms with Crippen LogP contribution in [0, 0.1) is 0 Å². The van der Waals surface area contributed by atoms with E-state index in [2.05, 4.69) is 9.98 Å². The van der Waals surface area contributed by atoms with Gasteiger partial charge in [0.15, 0.2) is 0 Å². The van der Waals surface area contributed by atoms with E-state index in [9.17, 15) is 25.2 Å². The highest BCUT2D eigenvalue weighted by Gasteiger charge is 2.28. The fraction of sp³-hybridized carbons (Fsp3) is 0.400. The lowest BCUT2D eigenvalue weighted by Crippen LogP contribution is -2.10. The number of aliphatic hydroxyl groups excluding tert-OH is 5. The Kier molecular flexibility index (Phi) is 8.06. The molecule has 29 heavy (non-hydrogen) atoms. The topological polar surface area (TPSA) is 156 Å². The molecule has 0 saturated carbocycles. The normalized spacial score (nSPS) is 12.5. The highest BCUT2D eigenvalue weighted by Crippen LogP contribution is 2.38. The van der Waals surface area contributed by atoms with E-state index < -0.39 is 32.0 Å². The number of nitrogens with zero attached hydrogens (tertiary/aromatic N) is 1. The number of carbonyl (C=O) groups is 1. The Balaban J connectivity index is 2.89. The van der Waals surface area contributed by atoms with Crippen molar-refractivity contribution in [3.05, 3.63) is 45.8 Å². The molecule has 2 aromatic rings. The van der Waals surface area contributed by atoms with Crippen molar-refractivity contribution >= 4 is 12.2 Å². The minimum Gasteiger partial charge on any atom is -0.461 e. The maximum atomic E-state index is 12.4. The van der Waals surface area contributed by atoms with Gasteiger partial charge in [-0.3, -0.25) is 4.99 Å². The number of rotatable bonds is 9. The zero-order valence-corrected chi connectivity index (χ0v) is 16.3. The van der Waals surface area contributed by atoms with E-state index in [1.165, 1.54) is 13.1 Å². The van der Waals surface area contributed by atoms with Crippen LogP contribution in [0.25, 0.3) is 11.1 Å². The van der Waals surface area contributed by atoms with Gasteiger partial charge in [-0.2, -0.15) is 0 Å². The van der Waals surface area contributed by atoms with Crippen molar-refractivity contribution in [1.82, 2.24) is 4.98 Å². The first-order chi connectivity index (χ1) is 13.9. The number of ether oxygens (including phenoxy) is 1. The van der Waals surface area contributed by atoms with Crippen LogP contribution >= 0.6 is 0 Å². The van der Waals surface area contributed by atoms with Gasteiger partial charge in [0.2, 0.25) is 0 Å². The Morgan fingerprint density at radius 1 is 1.17 bits per heavy atom. The fourth-order valence-electron chi connectivity index (χ4n) is 3.34. The number of hydrogen-bond acceptors (Lipinski definition) is 8. The van der Waals surface area contributed by atoms with Crippen LogP contribution in [-0.4, -0.2) is 56.0 Å². The summed E-state index contributed by atoms with van der Waals surface area (Å²) in [6.07, 6.45) is 0.225. The largest absolute Gasteiger partial charge is 0.461 e. The van der Waals surface area contributed by atoms with Gasteiger partial charge in [-0.15, -0.1) is 0 Å². The number of aliphatic hydroxyl groups is 5. The van der Waals surface area contributed by atoms with Crippen LogP contribution < -0.4 is 0 Å². The molecule has 1 aromatic heterocycles. The van der Waals surface area contributed by atoms with E-state index in [0.717, 1.165) is 0 Å². The van der Waals surface area contributed by atoms with Crippen LogP contribution in [0.3, 0.4) is 0 Å². The standard InChI is InChI=1S/C20H26N2O7/c1-3-29-20(28)19-17(11(2)27)18(16(22-19)6-21-10-26)13-5-4-12(7-23)14(8-24)15(13)9-25/h4-6,11,22-27H,3,7-10H2,1-2H3. The smallest absolute Gasteiger partial charge is 0.355 e. The molecule has 0 aliphatic heterocycles. The molecule has 1 aromatic carbocycles. The monoisotopic (exact) mass is 406 g/mol. The molecular formula is C20H26N2O7. The van der Waals surface area contributed by atoms with Crippen LogP contribution in [0.15, 0.2) is 17.1 Å². The lowest BCUT2D eigenvalue weighted by molar-refractivity contribution is 0.0514. The van der Waals surface area contributed by atoms with Gasteiger partial charge in [0, 0.05) is 17.3 Å². The number of esters is 1. The summed E-state index contributed by atoms with van der Waals surface area (Å²) >= 11 is 0. The molecule has 9 heteroatoms. The highest BCUT2D eigenvalue weighted by atomic mass is 16.5. The summed E-state index contributed by atoms with van der Waals surface area (Å²) in [5.74, 6) is -0.673. The number of benzene rings is 1. The van der Waals surface area contributed by atoms with E-state index in [1.807, 2.05) is 0 Å². The van der Waals surface area contributed by atoms with E-state index in [1.54, 1.807) is 19.1 Å². The molecule has 158 valence electrons. The third-order valence-electron chi connectivity index (χ3n) is 4.55. The number of hydrogen-bond donors (Lipinski definition) is 6. The first-order valence-corrected chi connectivity index (χ1v) is 9.13. The molecule has 1 atom stereocenters. The predicted molar refractivity (Wildman–Crippen MR) is 105 cm³/mol. The van der Waals surface area contributed by atoms with E-state index in [4.69, 9.17) is 9.84 Å². The fourth-order valence-corrected chi connectivity index (χ4v) is 3.34. The van der Waals surface area contributed by atoms with Gasteiger partial charge in [0.05, 0.1) is 38.2 Å².